The molecule has 4 heteroatoms. The first kappa shape index (κ1) is 15.6. The summed E-state index contributed by atoms with van der Waals surface area (Å²) in [5.74, 6) is 1.06. The van der Waals surface area contributed by atoms with Crippen LogP contribution in [0.25, 0.3) is 0 Å². The summed E-state index contributed by atoms with van der Waals surface area (Å²) in [6.45, 7) is 8.39. The normalized spacial score (nSPS) is 28.7. The predicted molar refractivity (Wildman–Crippen MR) is 86.1 cm³/mol. The number of nitrogens with zero attached hydrogens (tertiary/aromatic N) is 1. The maximum absolute atomic E-state index is 6.15. The molecule has 20 heavy (non-hydrogen) atoms. The fourth-order valence-corrected chi connectivity index (χ4v) is 6.30. The molecule has 0 N–H and O–H groups in total. The van der Waals surface area contributed by atoms with Gasteiger partial charge in [-0.15, -0.1) is 0 Å². The van der Waals surface area contributed by atoms with E-state index in [0.29, 0.717) is 6.61 Å². The first-order chi connectivity index (χ1) is 9.73. The first-order valence-electron chi connectivity index (χ1n) is 8.12. The summed E-state index contributed by atoms with van der Waals surface area (Å²) < 4.78 is 11.9. The van der Waals surface area contributed by atoms with Gasteiger partial charge in [-0.1, -0.05) is 18.9 Å². The third kappa shape index (κ3) is 4.67. The Hall–Kier alpha value is -0.743. The van der Waals surface area contributed by atoms with Gasteiger partial charge in [0.25, 0.3) is 0 Å². The molecular weight excluding hydrogens is 266 g/mol. The van der Waals surface area contributed by atoms with Crippen LogP contribution in [0.4, 0.5) is 0 Å². The highest BCUT2D eigenvalue weighted by Crippen LogP contribution is 2.25. The Bertz CT molecular complexity index is 356. The minimum atomic E-state index is -1.45. The van der Waals surface area contributed by atoms with E-state index in [2.05, 4.69) is 36.6 Å². The molecular formula is C16H29NO2Si. The Morgan fingerprint density at radius 2 is 2.00 bits per heavy atom. The highest BCUT2D eigenvalue weighted by atomic mass is 28.4. The van der Waals surface area contributed by atoms with Crippen molar-refractivity contribution in [2.45, 2.75) is 51.2 Å². The van der Waals surface area contributed by atoms with Crippen molar-refractivity contribution in [3.05, 3.63) is 24.1 Å². The lowest BCUT2D eigenvalue weighted by molar-refractivity contribution is 0.125. The van der Waals surface area contributed by atoms with Crippen LogP contribution in [0.5, 0.6) is 0 Å². The minimum Gasteiger partial charge on any atom is -0.475 e. The third-order valence-corrected chi connectivity index (χ3v) is 8.08. The van der Waals surface area contributed by atoms with E-state index in [1.54, 1.807) is 0 Å². The van der Waals surface area contributed by atoms with Crippen molar-refractivity contribution >= 4 is 8.32 Å². The molecule has 2 rings (SSSR count). The van der Waals surface area contributed by atoms with Crippen molar-refractivity contribution in [1.82, 2.24) is 4.90 Å². The molecule has 1 saturated heterocycles. The minimum absolute atomic E-state index is 0.716. The molecule has 1 atom stereocenters. The van der Waals surface area contributed by atoms with E-state index >= 15 is 0 Å². The predicted octanol–water partition coefficient (Wildman–Crippen LogP) is 3.90. The van der Waals surface area contributed by atoms with Crippen LogP contribution in [0, 0.1) is 0 Å². The monoisotopic (exact) mass is 295 g/mol. The van der Waals surface area contributed by atoms with Gasteiger partial charge in [-0.2, -0.15) is 0 Å². The van der Waals surface area contributed by atoms with Gasteiger partial charge in [0, 0.05) is 19.7 Å². The Kier molecular flexibility index (Phi) is 6.17. The molecule has 114 valence electrons. The Balaban J connectivity index is 1.94. The van der Waals surface area contributed by atoms with Crippen LogP contribution in [0.15, 0.2) is 24.1 Å². The average Bonchev–Trinajstić information content (AvgIpc) is 2.46. The molecule has 3 nitrogen and oxygen atoms in total. The van der Waals surface area contributed by atoms with E-state index < -0.39 is 8.32 Å². The van der Waals surface area contributed by atoms with Crippen molar-refractivity contribution in [2.24, 2.45) is 0 Å². The fraction of sp³-hybridized carbons (Fsp3) is 0.750. The molecule has 0 aromatic heterocycles. The van der Waals surface area contributed by atoms with E-state index in [1.165, 1.54) is 37.8 Å². The van der Waals surface area contributed by atoms with Gasteiger partial charge in [0.1, 0.15) is 6.61 Å². The standard InChI is InChI=1S/C16H29NO2Si/c1-3-19-20(2)14-8-4-6-11-17(12-9-15-20)16-10-5-7-13-18-16/h5,7,10H,3-4,6,8-9,11-15H2,1-2H3. The summed E-state index contributed by atoms with van der Waals surface area (Å²) in [6.07, 6.45) is 11.4. The number of allylic oxidation sites excluding steroid dienone is 2. The van der Waals surface area contributed by atoms with Crippen molar-refractivity contribution in [2.75, 3.05) is 26.3 Å². The SMILES string of the molecule is CCO[Si]1(C)CCCCCN(C2=CC=CCO2)CCC1. The quantitative estimate of drug-likeness (QED) is 0.737. The third-order valence-electron chi connectivity index (χ3n) is 4.27. The van der Waals surface area contributed by atoms with E-state index in [0.717, 1.165) is 25.6 Å². The summed E-state index contributed by atoms with van der Waals surface area (Å²) in [5.41, 5.74) is 0. The molecule has 0 amide bonds. The lowest BCUT2D eigenvalue weighted by atomic mass is 10.2. The summed E-state index contributed by atoms with van der Waals surface area (Å²) in [5, 5.41) is 0. The maximum atomic E-state index is 6.15. The molecule has 1 unspecified atom stereocenters. The number of hydrogen-bond donors (Lipinski definition) is 0. The van der Waals surface area contributed by atoms with Crippen LogP contribution in [0.2, 0.25) is 18.6 Å². The molecule has 0 spiro atoms. The van der Waals surface area contributed by atoms with Crippen molar-refractivity contribution < 1.29 is 9.16 Å². The Morgan fingerprint density at radius 3 is 2.75 bits per heavy atom. The van der Waals surface area contributed by atoms with Gasteiger partial charge >= 0.3 is 0 Å². The van der Waals surface area contributed by atoms with Crippen LogP contribution >= 0.6 is 0 Å². The molecule has 0 bridgehead atoms. The topological polar surface area (TPSA) is 21.7 Å². The van der Waals surface area contributed by atoms with Crippen molar-refractivity contribution in [1.29, 1.82) is 0 Å². The highest BCUT2D eigenvalue weighted by Gasteiger charge is 2.28. The molecule has 0 aromatic rings. The smallest absolute Gasteiger partial charge is 0.189 e. The lowest BCUT2D eigenvalue weighted by Gasteiger charge is -2.32. The van der Waals surface area contributed by atoms with Crippen molar-refractivity contribution in [3.8, 4) is 0 Å². The highest BCUT2D eigenvalue weighted by molar-refractivity contribution is 6.72. The molecule has 2 aliphatic heterocycles. The van der Waals surface area contributed by atoms with Crippen LogP contribution in [0.1, 0.15) is 32.6 Å². The van der Waals surface area contributed by atoms with Crippen LogP contribution in [-0.2, 0) is 9.16 Å². The number of hydrogen-bond acceptors (Lipinski definition) is 3. The van der Waals surface area contributed by atoms with Gasteiger partial charge < -0.3 is 14.1 Å². The molecule has 2 heterocycles. The van der Waals surface area contributed by atoms with Gasteiger partial charge in [-0.05, 0) is 50.6 Å². The lowest BCUT2D eigenvalue weighted by Crippen LogP contribution is -2.37. The number of rotatable bonds is 3. The Labute approximate surface area is 124 Å². The van der Waals surface area contributed by atoms with Gasteiger partial charge in [0.05, 0.1) is 0 Å². The van der Waals surface area contributed by atoms with Crippen LogP contribution < -0.4 is 0 Å². The fourth-order valence-electron chi connectivity index (χ4n) is 3.16. The van der Waals surface area contributed by atoms with Gasteiger partial charge in [-0.3, -0.25) is 0 Å². The second-order valence-electron chi connectivity index (χ2n) is 6.03. The van der Waals surface area contributed by atoms with E-state index in [1.807, 2.05) is 0 Å². The molecule has 1 fully saturated rings. The average molecular weight is 295 g/mol. The summed E-state index contributed by atoms with van der Waals surface area (Å²) in [4.78, 5) is 2.43. The zero-order valence-corrected chi connectivity index (χ0v) is 14.1. The van der Waals surface area contributed by atoms with E-state index in [9.17, 15) is 0 Å². The zero-order valence-electron chi connectivity index (χ0n) is 13.1. The van der Waals surface area contributed by atoms with Crippen LogP contribution in [-0.4, -0.2) is 39.5 Å². The molecule has 0 radical (unpaired) electrons. The summed E-state index contributed by atoms with van der Waals surface area (Å²) in [7, 11) is -1.45. The van der Waals surface area contributed by atoms with E-state index in [4.69, 9.17) is 9.16 Å². The molecule has 0 aromatic carbocycles. The van der Waals surface area contributed by atoms with Crippen molar-refractivity contribution in [3.63, 3.8) is 0 Å². The molecule has 0 saturated carbocycles. The first-order valence-corrected chi connectivity index (χ1v) is 10.9. The summed E-state index contributed by atoms with van der Waals surface area (Å²) >= 11 is 0. The van der Waals surface area contributed by atoms with Crippen LogP contribution in [0.3, 0.4) is 0 Å². The Morgan fingerprint density at radius 1 is 1.20 bits per heavy atom. The summed E-state index contributed by atoms with van der Waals surface area (Å²) in [6, 6.07) is 2.61. The maximum Gasteiger partial charge on any atom is 0.189 e. The molecule has 2 aliphatic rings. The molecule has 0 aliphatic carbocycles. The second kappa shape index (κ2) is 7.89. The zero-order chi connectivity index (χ0) is 14.3. The van der Waals surface area contributed by atoms with Gasteiger partial charge in [0.15, 0.2) is 14.2 Å². The van der Waals surface area contributed by atoms with E-state index in [-0.39, 0.29) is 0 Å². The largest absolute Gasteiger partial charge is 0.475 e. The van der Waals surface area contributed by atoms with Gasteiger partial charge in [-0.25, -0.2) is 0 Å². The van der Waals surface area contributed by atoms with Gasteiger partial charge in [0.2, 0.25) is 0 Å². The second-order valence-corrected chi connectivity index (χ2v) is 10.2. The number of ether oxygens (including phenoxy) is 1.